The van der Waals surface area contributed by atoms with E-state index in [1.807, 2.05) is 19.1 Å². The van der Waals surface area contributed by atoms with Crippen LogP contribution in [0.25, 0.3) is 0 Å². The van der Waals surface area contributed by atoms with Gasteiger partial charge in [-0.2, -0.15) is 0 Å². The number of anilines is 3. The fourth-order valence-electron chi connectivity index (χ4n) is 3.48. The van der Waals surface area contributed by atoms with Crippen molar-refractivity contribution in [2.75, 3.05) is 41.4 Å². The van der Waals surface area contributed by atoms with Crippen LogP contribution in [0.3, 0.4) is 0 Å². The molecular weight excluding hydrogens is 518 g/mol. The molecule has 0 saturated carbocycles. The molecule has 0 fully saturated rings. The lowest BCUT2D eigenvalue weighted by Crippen LogP contribution is -2.37. The summed E-state index contributed by atoms with van der Waals surface area (Å²) in [6, 6.07) is 15.5. The molecule has 0 heterocycles. The minimum atomic E-state index is -3.86. The summed E-state index contributed by atoms with van der Waals surface area (Å²) in [5.41, 5.74) is 2.69. The van der Waals surface area contributed by atoms with Gasteiger partial charge < -0.3 is 14.8 Å². The fourth-order valence-corrected chi connectivity index (χ4v) is 5.45. The number of methoxy groups -OCH3 is 2. The Balaban J connectivity index is 1.75. The van der Waals surface area contributed by atoms with Gasteiger partial charge in [0.25, 0.3) is 10.0 Å². The molecular formula is C25H29N3O7S2. The van der Waals surface area contributed by atoms with E-state index in [1.165, 1.54) is 56.7 Å². The molecule has 0 aromatic heterocycles. The summed E-state index contributed by atoms with van der Waals surface area (Å²) in [6.45, 7) is 3.16. The molecule has 198 valence electrons. The van der Waals surface area contributed by atoms with Gasteiger partial charge in [-0.1, -0.05) is 12.1 Å². The molecule has 0 spiro atoms. The number of rotatable bonds is 10. The second-order valence-electron chi connectivity index (χ2n) is 8.31. The quantitative estimate of drug-likeness (QED) is 0.397. The molecule has 0 saturated heterocycles. The Morgan fingerprint density at radius 1 is 0.865 bits per heavy atom. The first kappa shape index (κ1) is 27.8. The average molecular weight is 548 g/mol. The summed E-state index contributed by atoms with van der Waals surface area (Å²) < 4.78 is 64.4. The fraction of sp³-hybridized carbons (Fsp3) is 0.240. The van der Waals surface area contributed by atoms with Crippen molar-refractivity contribution < 1.29 is 31.1 Å². The lowest BCUT2D eigenvalue weighted by Gasteiger charge is -2.23. The van der Waals surface area contributed by atoms with Crippen LogP contribution in [-0.4, -0.2) is 49.8 Å². The molecule has 0 unspecified atom stereocenters. The molecule has 0 bridgehead atoms. The lowest BCUT2D eigenvalue weighted by atomic mass is 10.1. The van der Waals surface area contributed by atoms with Crippen molar-refractivity contribution in [3.05, 3.63) is 71.8 Å². The number of nitrogens with one attached hydrogen (secondary N) is 2. The van der Waals surface area contributed by atoms with Gasteiger partial charge in [0.2, 0.25) is 15.9 Å². The maximum absolute atomic E-state index is 12.8. The standard InChI is InChI=1S/C25H29N3O7S2/c1-17-6-7-18(2)22(14-17)27-37(32,33)21-11-8-19(9-12-21)26-25(29)16-28(36(5,30)31)20-10-13-23(34-3)24(15-20)35-4/h6-15,27H,16H2,1-5H3,(H,26,29). The smallest absolute Gasteiger partial charge is 0.261 e. The largest absolute Gasteiger partial charge is 0.493 e. The molecule has 37 heavy (non-hydrogen) atoms. The lowest BCUT2D eigenvalue weighted by molar-refractivity contribution is -0.114. The minimum absolute atomic E-state index is 0.00879. The number of amides is 1. The van der Waals surface area contributed by atoms with Gasteiger partial charge in [0, 0.05) is 11.8 Å². The second kappa shape index (κ2) is 11.1. The Morgan fingerprint density at radius 2 is 1.51 bits per heavy atom. The predicted molar refractivity (Wildman–Crippen MR) is 144 cm³/mol. The molecule has 0 aliphatic rings. The number of hydrogen-bond donors (Lipinski definition) is 2. The SMILES string of the molecule is COc1ccc(N(CC(=O)Nc2ccc(S(=O)(=O)Nc3cc(C)ccc3C)cc2)S(C)(=O)=O)cc1OC. The second-order valence-corrected chi connectivity index (χ2v) is 11.9. The first-order valence-electron chi connectivity index (χ1n) is 11.0. The molecule has 3 aromatic rings. The van der Waals surface area contributed by atoms with Crippen LogP contribution in [0, 0.1) is 13.8 Å². The van der Waals surface area contributed by atoms with E-state index in [1.54, 1.807) is 13.0 Å². The van der Waals surface area contributed by atoms with Gasteiger partial charge in [-0.25, -0.2) is 16.8 Å². The third-order valence-electron chi connectivity index (χ3n) is 5.43. The molecule has 2 N–H and O–H groups in total. The Morgan fingerprint density at radius 3 is 2.11 bits per heavy atom. The Bertz CT molecular complexity index is 1500. The van der Waals surface area contributed by atoms with Crippen LogP contribution >= 0.6 is 0 Å². The first-order chi connectivity index (χ1) is 17.3. The molecule has 0 aliphatic heterocycles. The van der Waals surface area contributed by atoms with E-state index in [4.69, 9.17) is 9.47 Å². The maximum atomic E-state index is 12.8. The summed E-state index contributed by atoms with van der Waals surface area (Å²) in [5.74, 6) is 0.0934. The zero-order valence-corrected chi connectivity index (χ0v) is 22.7. The van der Waals surface area contributed by atoms with Crippen LogP contribution < -0.4 is 23.8 Å². The summed E-state index contributed by atoms with van der Waals surface area (Å²) in [4.78, 5) is 12.7. The van der Waals surface area contributed by atoms with Crippen molar-refractivity contribution in [3.63, 3.8) is 0 Å². The van der Waals surface area contributed by atoms with E-state index in [-0.39, 0.29) is 10.6 Å². The van der Waals surface area contributed by atoms with Gasteiger partial charge in [0.05, 0.1) is 36.7 Å². The van der Waals surface area contributed by atoms with Gasteiger partial charge in [-0.15, -0.1) is 0 Å². The maximum Gasteiger partial charge on any atom is 0.261 e. The topological polar surface area (TPSA) is 131 Å². The van der Waals surface area contributed by atoms with Gasteiger partial charge in [0.1, 0.15) is 6.54 Å². The molecule has 10 nitrogen and oxygen atoms in total. The normalized spacial score (nSPS) is 11.5. The highest BCUT2D eigenvalue weighted by Gasteiger charge is 2.23. The summed E-state index contributed by atoms with van der Waals surface area (Å²) in [7, 11) is -4.81. The third kappa shape index (κ3) is 6.92. The highest BCUT2D eigenvalue weighted by Crippen LogP contribution is 2.32. The van der Waals surface area contributed by atoms with Crippen LogP contribution in [0.1, 0.15) is 11.1 Å². The average Bonchev–Trinajstić information content (AvgIpc) is 2.84. The Labute approximate surface area is 217 Å². The predicted octanol–water partition coefficient (Wildman–Crippen LogP) is 3.53. The molecule has 0 aliphatic carbocycles. The summed E-state index contributed by atoms with van der Waals surface area (Å²) >= 11 is 0. The van der Waals surface area contributed by atoms with E-state index in [2.05, 4.69) is 10.0 Å². The van der Waals surface area contributed by atoms with E-state index in [9.17, 15) is 21.6 Å². The molecule has 0 atom stereocenters. The van der Waals surface area contributed by atoms with Crippen molar-refractivity contribution in [3.8, 4) is 11.5 Å². The molecule has 3 rings (SSSR count). The summed E-state index contributed by atoms with van der Waals surface area (Å²) in [5, 5.41) is 2.59. The highest BCUT2D eigenvalue weighted by atomic mass is 32.2. The highest BCUT2D eigenvalue weighted by molar-refractivity contribution is 7.92. The first-order valence-corrected chi connectivity index (χ1v) is 14.4. The van der Waals surface area contributed by atoms with E-state index in [0.717, 1.165) is 21.7 Å². The zero-order chi connectivity index (χ0) is 27.4. The van der Waals surface area contributed by atoms with Crippen molar-refractivity contribution in [2.24, 2.45) is 0 Å². The van der Waals surface area contributed by atoms with E-state index < -0.39 is 32.5 Å². The molecule has 3 aromatic carbocycles. The number of aryl methyl sites for hydroxylation is 2. The summed E-state index contributed by atoms with van der Waals surface area (Å²) in [6.07, 6.45) is 0.986. The van der Waals surface area contributed by atoms with Crippen LogP contribution in [-0.2, 0) is 24.8 Å². The number of nitrogens with zero attached hydrogens (tertiary/aromatic N) is 1. The zero-order valence-electron chi connectivity index (χ0n) is 21.1. The number of carbonyl (C=O) groups is 1. The molecule has 0 radical (unpaired) electrons. The van der Waals surface area contributed by atoms with Gasteiger partial charge in [-0.3, -0.25) is 13.8 Å². The third-order valence-corrected chi connectivity index (χ3v) is 7.95. The Hall–Kier alpha value is -3.77. The van der Waals surface area contributed by atoms with Crippen LogP contribution in [0.4, 0.5) is 17.1 Å². The van der Waals surface area contributed by atoms with Crippen LogP contribution in [0.2, 0.25) is 0 Å². The van der Waals surface area contributed by atoms with Gasteiger partial charge in [-0.05, 0) is 67.4 Å². The number of hydrogen-bond acceptors (Lipinski definition) is 7. The van der Waals surface area contributed by atoms with E-state index in [0.29, 0.717) is 22.9 Å². The molecule has 1 amide bonds. The minimum Gasteiger partial charge on any atom is -0.493 e. The number of carbonyl (C=O) groups excluding carboxylic acids is 1. The van der Waals surface area contributed by atoms with E-state index >= 15 is 0 Å². The number of sulfonamides is 2. The Kier molecular flexibility index (Phi) is 8.34. The van der Waals surface area contributed by atoms with Gasteiger partial charge >= 0.3 is 0 Å². The van der Waals surface area contributed by atoms with Gasteiger partial charge in [0.15, 0.2) is 11.5 Å². The van der Waals surface area contributed by atoms with Crippen LogP contribution in [0.5, 0.6) is 11.5 Å². The molecule has 12 heteroatoms. The van der Waals surface area contributed by atoms with Crippen molar-refractivity contribution >= 4 is 43.0 Å². The number of benzene rings is 3. The van der Waals surface area contributed by atoms with Crippen molar-refractivity contribution in [1.82, 2.24) is 0 Å². The van der Waals surface area contributed by atoms with Crippen molar-refractivity contribution in [2.45, 2.75) is 18.7 Å². The monoisotopic (exact) mass is 547 g/mol. The van der Waals surface area contributed by atoms with Crippen molar-refractivity contribution in [1.29, 1.82) is 0 Å². The number of ether oxygens (including phenoxy) is 2. The van der Waals surface area contributed by atoms with Crippen LogP contribution in [0.15, 0.2) is 65.6 Å².